The van der Waals surface area contributed by atoms with Crippen molar-refractivity contribution in [2.75, 3.05) is 5.75 Å². The number of benzene rings is 2. The zero-order valence-electron chi connectivity index (χ0n) is 10.6. The average molecular weight is 279 g/mol. The second-order valence-electron chi connectivity index (χ2n) is 4.38. The van der Waals surface area contributed by atoms with Crippen molar-refractivity contribution in [1.82, 2.24) is 0 Å². The van der Waals surface area contributed by atoms with Crippen LogP contribution in [-0.4, -0.2) is 5.75 Å². The van der Waals surface area contributed by atoms with Crippen LogP contribution in [0.3, 0.4) is 0 Å². The summed E-state index contributed by atoms with van der Waals surface area (Å²) >= 11 is 1.49. The lowest BCUT2D eigenvalue weighted by Gasteiger charge is -2.12. The first kappa shape index (κ1) is 14.0. The van der Waals surface area contributed by atoms with E-state index in [-0.39, 0.29) is 17.7 Å². The smallest absolute Gasteiger partial charge is 0.126 e. The highest BCUT2D eigenvalue weighted by Gasteiger charge is 2.09. The van der Waals surface area contributed by atoms with Crippen LogP contribution in [0, 0.1) is 18.6 Å². The number of aryl methyl sites for hydroxylation is 1. The molecule has 0 spiro atoms. The van der Waals surface area contributed by atoms with E-state index in [9.17, 15) is 8.78 Å². The summed E-state index contributed by atoms with van der Waals surface area (Å²) in [6.45, 7) is 1.71. The minimum atomic E-state index is -0.254. The van der Waals surface area contributed by atoms with Crippen molar-refractivity contribution in [3.8, 4) is 0 Å². The highest BCUT2D eigenvalue weighted by atomic mass is 32.2. The highest BCUT2D eigenvalue weighted by Crippen LogP contribution is 2.24. The molecule has 2 aromatic rings. The topological polar surface area (TPSA) is 26.0 Å². The molecule has 2 N–H and O–H groups in total. The highest BCUT2D eigenvalue weighted by molar-refractivity contribution is 7.99. The fourth-order valence-electron chi connectivity index (χ4n) is 1.74. The lowest BCUT2D eigenvalue weighted by molar-refractivity contribution is 0.616. The predicted octanol–water partition coefficient (Wildman–Crippen LogP) is 4.07. The molecule has 0 aromatic heterocycles. The van der Waals surface area contributed by atoms with Crippen LogP contribution in [-0.2, 0) is 0 Å². The van der Waals surface area contributed by atoms with E-state index in [4.69, 9.17) is 5.73 Å². The van der Waals surface area contributed by atoms with E-state index in [1.54, 1.807) is 25.1 Å². The monoisotopic (exact) mass is 279 g/mol. The van der Waals surface area contributed by atoms with Crippen molar-refractivity contribution in [1.29, 1.82) is 0 Å². The van der Waals surface area contributed by atoms with Crippen LogP contribution < -0.4 is 5.73 Å². The molecule has 100 valence electrons. The molecule has 2 rings (SSSR count). The molecule has 0 bridgehead atoms. The number of thioether (sulfide) groups is 1. The van der Waals surface area contributed by atoms with Gasteiger partial charge in [0, 0.05) is 16.7 Å². The van der Waals surface area contributed by atoms with Crippen molar-refractivity contribution in [3.63, 3.8) is 0 Å². The second-order valence-corrected chi connectivity index (χ2v) is 5.48. The Hall–Kier alpha value is -1.39. The summed E-state index contributed by atoms with van der Waals surface area (Å²) in [4.78, 5) is 0.842. The molecule has 2 aromatic carbocycles. The number of nitrogens with two attached hydrogens (primary N) is 1. The number of halogens is 2. The van der Waals surface area contributed by atoms with Crippen LogP contribution >= 0.6 is 11.8 Å². The maximum atomic E-state index is 13.2. The molecular formula is C15H15F2NS. The third-order valence-corrected chi connectivity index (χ3v) is 3.95. The third-order valence-electron chi connectivity index (χ3n) is 2.84. The van der Waals surface area contributed by atoms with Gasteiger partial charge in [-0.05, 0) is 42.3 Å². The Bertz CT molecular complexity index is 572. The van der Waals surface area contributed by atoms with Gasteiger partial charge in [-0.15, -0.1) is 11.8 Å². The van der Waals surface area contributed by atoms with Crippen LogP contribution in [0.25, 0.3) is 0 Å². The first-order chi connectivity index (χ1) is 9.06. The molecule has 0 radical (unpaired) electrons. The van der Waals surface area contributed by atoms with E-state index in [0.717, 1.165) is 10.5 Å². The minimum Gasteiger partial charge on any atom is -0.323 e. The van der Waals surface area contributed by atoms with Crippen LogP contribution in [0.1, 0.15) is 17.2 Å². The molecule has 0 fully saturated rings. The van der Waals surface area contributed by atoms with Crippen molar-refractivity contribution < 1.29 is 8.78 Å². The summed E-state index contributed by atoms with van der Waals surface area (Å²) in [5.41, 5.74) is 7.54. The summed E-state index contributed by atoms with van der Waals surface area (Å²) < 4.78 is 26.2. The second kappa shape index (κ2) is 6.17. The van der Waals surface area contributed by atoms with Crippen molar-refractivity contribution in [2.24, 2.45) is 5.73 Å². The Kier molecular flexibility index (Phi) is 4.56. The molecule has 0 heterocycles. The first-order valence-electron chi connectivity index (χ1n) is 5.96. The number of hydrogen-bond acceptors (Lipinski definition) is 2. The normalized spacial score (nSPS) is 12.4. The van der Waals surface area contributed by atoms with E-state index in [1.165, 1.54) is 30.0 Å². The van der Waals surface area contributed by atoms with Crippen LogP contribution in [0.5, 0.6) is 0 Å². The summed E-state index contributed by atoms with van der Waals surface area (Å²) in [6, 6.07) is 11.1. The molecule has 1 unspecified atom stereocenters. The van der Waals surface area contributed by atoms with E-state index >= 15 is 0 Å². The zero-order valence-corrected chi connectivity index (χ0v) is 11.4. The standard InChI is InChI=1S/C15H15F2NS/c1-10-7-11(5-6-14(10)17)15(18)9-19-13-4-2-3-12(16)8-13/h2-8,15H,9,18H2,1H3. The maximum Gasteiger partial charge on any atom is 0.126 e. The van der Waals surface area contributed by atoms with Crippen molar-refractivity contribution >= 4 is 11.8 Å². The molecule has 4 heteroatoms. The van der Waals surface area contributed by atoms with Gasteiger partial charge in [0.2, 0.25) is 0 Å². The summed E-state index contributed by atoms with van der Waals surface area (Å²) in [5, 5.41) is 0. The Balaban J connectivity index is 2.01. The maximum absolute atomic E-state index is 13.2. The molecule has 0 aliphatic carbocycles. The molecule has 0 aliphatic heterocycles. The quantitative estimate of drug-likeness (QED) is 0.854. The van der Waals surface area contributed by atoms with Gasteiger partial charge < -0.3 is 5.73 Å². The largest absolute Gasteiger partial charge is 0.323 e. The van der Waals surface area contributed by atoms with Crippen molar-refractivity contribution in [3.05, 3.63) is 65.2 Å². The lowest BCUT2D eigenvalue weighted by atomic mass is 10.1. The Morgan fingerprint density at radius 2 is 1.95 bits per heavy atom. The molecule has 0 saturated carbocycles. The van der Waals surface area contributed by atoms with Gasteiger partial charge in [-0.3, -0.25) is 0 Å². The van der Waals surface area contributed by atoms with Gasteiger partial charge >= 0.3 is 0 Å². The van der Waals surface area contributed by atoms with E-state index in [1.807, 2.05) is 6.07 Å². The molecular weight excluding hydrogens is 264 g/mol. The number of rotatable bonds is 4. The molecule has 19 heavy (non-hydrogen) atoms. The first-order valence-corrected chi connectivity index (χ1v) is 6.95. The molecule has 0 aliphatic rings. The SMILES string of the molecule is Cc1cc(C(N)CSc2cccc(F)c2)ccc1F. The molecule has 0 amide bonds. The van der Waals surface area contributed by atoms with Gasteiger partial charge in [0.1, 0.15) is 11.6 Å². The Morgan fingerprint density at radius 3 is 2.63 bits per heavy atom. The molecule has 1 atom stereocenters. The van der Waals surface area contributed by atoms with Crippen LogP contribution in [0.15, 0.2) is 47.4 Å². The minimum absolute atomic E-state index is 0.201. The fraction of sp³-hybridized carbons (Fsp3) is 0.200. The van der Waals surface area contributed by atoms with Crippen LogP contribution in [0.4, 0.5) is 8.78 Å². The molecule has 0 saturated heterocycles. The van der Waals surface area contributed by atoms with Gasteiger partial charge in [0.15, 0.2) is 0 Å². The van der Waals surface area contributed by atoms with Gasteiger partial charge in [0.25, 0.3) is 0 Å². The van der Waals surface area contributed by atoms with E-state index in [2.05, 4.69) is 0 Å². The number of hydrogen-bond donors (Lipinski definition) is 1. The lowest BCUT2D eigenvalue weighted by Crippen LogP contribution is -2.13. The Morgan fingerprint density at radius 1 is 1.16 bits per heavy atom. The summed E-state index contributed by atoms with van der Waals surface area (Å²) in [5.74, 6) is 0.138. The Labute approximate surface area is 115 Å². The van der Waals surface area contributed by atoms with Gasteiger partial charge in [-0.25, -0.2) is 8.78 Å². The zero-order chi connectivity index (χ0) is 13.8. The fourth-order valence-corrected chi connectivity index (χ4v) is 2.67. The summed E-state index contributed by atoms with van der Waals surface area (Å²) in [6.07, 6.45) is 0. The average Bonchev–Trinajstić information content (AvgIpc) is 2.39. The van der Waals surface area contributed by atoms with Crippen LogP contribution in [0.2, 0.25) is 0 Å². The summed E-state index contributed by atoms with van der Waals surface area (Å²) in [7, 11) is 0. The molecule has 1 nitrogen and oxygen atoms in total. The van der Waals surface area contributed by atoms with Gasteiger partial charge in [-0.1, -0.05) is 18.2 Å². The van der Waals surface area contributed by atoms with Crippen molar-refractivity contribution in [2.45, 2.75) is 17.9 Å². The predicted molar refractivity (Wildman–Crippen MR) is 75.2 cm³/mol. The van der Waals surface area contributed by atoms with E-state index in [0.29, 0.717) is 11.3 Å². The third kappa shape index (κ3) is 3.78. The van der Waals surface area contributed by atoms with Gasteiger partial charge in [0.05, 0.1) is 0 Å². The van der Waals surface area contributed by atoms with E-state index < -0.39 is 0 Å². The van der Waals surface area contributed by atoms with Gasteiger partial charge in [-0.2, -0.15) is 0 Å².